The van der Waals surface area contributed by atoms with Crippen molar-refractivity contribution in [2.75, 3.05) is 39.5 Å². The zero-order chi connectivity index (χ0) is 13.9. The number of rotatable bonds is 3. The van der Waals surface area contributed by atoms with E-state index < -0.39 is 0 Å². The van der Waals surface area contributed by atoms with Gasteiger partial charge in [0.1, 0.15) is 13.2 Å². The first-order chi connectivity index (χ1) is 9.72. The normalized spacial score (nSPS) is 22.6. The third kappa shape index (κ3) is 2.94. The minimum absolute atomic E-state index is 0.107. The van der Waals surface area contributed by atoms with Crippen molar-refractivity contribution in [1.82, 2.24) is 4.90 Å². The molecule has 1 aromatic carbocycles. The van der Waals surface area contributed by atoms with Gasteiger partial charge in [-0.3, -0.25) is 9.69 Å². The molecule has 2 aliphatic heterocycles. The Balaban J connectivity index is 1.67. The summed E-state index contributed by atoms with van der Waals surface area (Å²) in [5.41, 5.74) is 0.674. The lowest BCUT2D eigenvalue weighted by Crippen LogP contribution is -2.43. The molecule has 1 atom stereocenters. The molecule has 1 unspecified atom stereocenters. The molecule has 0 aliphatic carbocycles. The van der Waals surface area contributed by atoms with Gasteiger partial charge in [-0.1, -0.05) is 0 Å². The van der Waals surface area contributed by atoms with Crippen molar-refractivity contribution in [1.29, 1.82) is 0 Å². The number of ether oxygens (including phenoxy) is 3. The predicted molar refractivity (Wildman–Crippen MR) is 73.6 cm³/mol. The second-order valence-corrected chi connectivity index (χ2v) is 5.20. The molecule has 20 heavy (non-hydrogen) atoms. The van der Waals surface area contributed by atoms with E-state index >= 15 is 0 Å². The van der Waals surface area contributed by atoms with Crippen molar-refractivity contribution in [3.8, 4) is 11.5 Å². The molecule has 3 rings (SSSR count). The number of morpholine rings is 1. The molecule has 0 N–H and O–H groups in total. The number of nitrogens with zero attached hydrogens (tertiary/aromatic N) is 1. The molecule has 0 amide bonds. The van der Waals surface area contributed by atoms with Crippen molar-refractivity contribution < 1.29 is 19.0 Å². The molecule has 0 bridgehead atoms. The zero-order valence-electron chi connectivity index (χ0n) is 11.6. The van der Waals surface area contributed by atoms with E-state index in [0.29, 0.717) is 43.4 Å². The highest BCUT2D eigenvalue weighted by Crippen LogP contribution is 2.30. The van der Waals surface area contributed by atoms with Crippen molar-refractivity contribution >= 4 is 5.78 Å². The van der Waals surface area contributed by atoms with E-state index in [1.54, 1.807) is 12.1 Å². The van der Waals surface area contributed by atoms with Gasteiger partial charge in [-0.2, -0.15) is 0 Å². The highest BCUT2D eigenvalue weighted by Gasteiger charge is 2.21. The highest BCUT2D eigenvalue weighted by molar-refractivity contribution is 5.98. The first kappa shape index (κ1) is 13.4. The van der Waals surface area contributed by atoms with Crippen LogP contribution in [0.1, 0.15) is 17.3 Å². The van der Waals surface area contributed by atoms with E-state index in [1.807, 2.05) is 13.0 Å². The van der Waals surface area contributed by atoms with Gasteiger partial charge < -0.3 is 14.2 Å². The van der Waals surface area contributed by atoms with Gasteiger partial charge in [0.05, 0.1) is 19.3 Å². The van der Waals surface area contributed by atoms with Gasteiger partial charge in [-0.05, 0) is 25.1 Å². The number of benzene rings is 1. The Morgan fingerprint density at radius 3 is 2.85 bits per heavy atom. The van der Waals surface area contributed by atoms with Crippen LogP contribution in [0.2, 0.25) is 0 Å². The van der Waals surface area contributed by atoms with Crippen LogP contribution >= 0.6 is 0 Å². The molecule has 5 nitrogen and oxygen atoms in total. The largest absolute Gasteiger partial charge is 0.486 e. The SMILES string of the molecule is CC1CN(CC(=O)c2ccc3c(c2)OCCO3)CCO1. The monoisotopic (exact) mass is 277 g/mol. The average molecular weight is 277 g/mol. The van der Waals surface area contributed by atoms with Crippen LogP contribution in [0, 0.1) is 0 Å². The molecule has 1 saturated heterocycles. The standard InChI is InChI=1S/C15H19NO4/c1-11-9-16(4-5-18-11)10-13(17)12-2-3-14-15(8-12)20-7-6-19-14/h2-3,8,11H,4-7,9-10H2,1H3. The number of carbonyl (C=O) groups is 1. The summed E-state index contributed by atoms with van der Waals surface area (Å²) in [4.78, 5) is 14.5. The molecule has 1 fully saturated rings. The van der Waals surface area contributed by atoms with Crippen molar-refractivity contribution in [3.05, 3.63) is 23.8 Å². The van der Waals surface area contributed by atoms with Crippen LogP contribution in [-0.4, -0.2) is 56.2 Å². The van der Waals surface area contributed by atoms with Crippen molar-refractivity contribution in [2.24, 2.45) is 0 Å². The number of ketones is 1. The molecule has 108 valence electrons. The zero-order valence-corrected chi connectivity index (χ0v) is 11.6. The molecular weight excluding hydrogens is 258 g/mol. The maximum atomic E-state index is 12.3. The van der Waals surface area contributed by atoms with Gasteiger partial charge in [0.2, 0.25) is 0 Å². The van der Waals surface area contributed by atoms with Gasteiger partial charge in [0.25, 0.3) is 0 Å². The Labute approximate surface area is 118 Å². The second-order valence-electron chi connectivity index (χ2n) is 5.20. The lowest BCUT2D eigenvalue weighted by molar-refractivity contribution is -0.0158. The van der Waals surface area contributed by atoms with Crippen LogP contribution in [0.25, 0.3) is 0 Å². The molecule has 0 aromatic heterocycles. The van der Waals surface area contributed by atoms with Gasteiger partial charge >= 0.3 is 0 Å². The van der Waals surface area contributed by atoms with Crippen LogP contribution < -0.4 is 9.47 Å². The summed E-state index contributed by atoms with van der Waals surface area (Å²) in [5.74, 6) is 1.49. The molecule has 5 heteroatoms. The van der Waals surface area contributed by atoms with E-state index in [9.17, 15) is 4.79 Å². The van der Waals surface area contributed by atoms with Crippen LogP contribution in [0.3, 0.4) is 0 Å². The van der Waals surface area contributed by atoms with Crippen LogP contribution in [0.5, 0.6) is 11.5 Å². The number of fused-ring (bicyclic) bond motifs is 1. The van der Waals surface area contributed by atoms with Gasteiger partial charge in [0, 0.05) is 18.7 Å². The lowest BCUT2D eigenvalue weighted by Gasteiger charge is -2.30. The van der Waals surface area contributed by atoms with Gasteiger partial charge in [-0.25, -0.2) is 0 Å². The predicted octanol–water partition coefficient (Wildman–Crippen LogP) is 1.36. The third-order valence-corrected chi connectivity index (χ3v) is 3.56. The molecule has 2 heterocycles. The van der Waals surface area contributed by atoms with E-state index in [4.69, 9.17) is 14.2 Å². The number of Topliss-reactive ketones (excluding diaryl/α,β-unsaturated/α-hetero) is 1. The topological polar surface area (TPSA) is 48.0 Å². The number of hydrogen-bond acceptors (Lipinski definition) is 5. The Bertz CT molecular complexity index is 503. The molecule has 0 radical (unpaired) electrons. The third-order valence-electron chi connectivity index (χ3n) is 3.56. The average Bonchev–Trinajstić information content (AvgIpc) is 2.47. The summed E-state index contributed by atoms with van der Waals surface area (Å²) in [7, 11) is 0. The minimum Gasteiger partial charge on any atom is -0.486 e. The second kappa shape index (κ2) is 5.81. The summed E-state index contributed by atoms with van der Waals surface area (Å²) in [5, 5.41) is 0. The van der Waals surface area contributed by atoms with E-state index in [-0.39, 0.29) is 11.9 Å². The van der Waals surface area contributed by atoms with E-state index in [2.05, 4.69) is 4.90 Å². The summed E-state index contributed by atoms with van der Waals surface area (Å²) in [6.07, 6.45) is 0.191. The van der Waals surface area contributed by atoms with Crippen molar-refractivity contribution in [3.63, 3.8) is 0 Å². The highest BCUT2D eigenvalue weighted by atomic mass is 16.6. The smallest absolute Gasteiger partial charge is 0.176 e. The molecular formula is C15H19NO4. The first-order valence-corrected chi connectivity index (χ1v) is 6.99. The Morgan fingerprint density at radius 1 is 1.25 bits per heavy atom. The fourth-order valence-corrected chi connectivity index (χ4v) is 2.55. The van der Waals surface area contributed by atoms with Gasteiger partial charge in [0.15, 0.2) is 17.3 Å². The number of carbonyl (C=O) groups excluding carboxylic acids is 1. The molecule has 0 saturated carbocycles. The maximum Gasteiger partial charge on any atom is 0.176 e. The molecule has 2 aliphatic rings. The summed E-state index contributed by atoms with van der Waals surface area (Å²) >= 11 is 0. The molecule has 0 spiro atoms. The Hall–Kier alpha value is -1.59. The minimum atomic E-state index is 0.107. The van der Waals surface area contributed by atoms with Crippen molar-refractivity contribution in [2.45, 2.75) is 13.0 Å². The van der Waals surface area contributed by atoms with Gasteiger partial charge in [-0.15, -0.1) is 0 Å². The van der Waals surface area contributed by atoms with Crippen LogP contribution in [0.15, 0.2) is 18.2 Å². The van der Waals surface area contributed by atoms with Crippen LogP contribution in [-0.2, 0) is 4.74 Å². The quantitative estimate of drug-likeness (QED) is 0.781. The first-order valence-electron chi connectivity index (χ1n) is 6.99. The fraction of sp³-hybridized carbons (Fsp3) is 0.533. The van der Waals surface area contributed by atoms with E-state index in [1.165, 1.54) is 0 Å². The fourth-order valence-electron chi connectivity index (χ4n) is 2.55. The summed E-state index contributed by atoms with van der Waals surface area (Å²) in [6.45, 7) is 5.85. The Kier molecular flexibility index (Phi) is 3.89. The number of hydrogen-bond donors (Lipinski definition) is 0. The van der Waals surface area contributed by atoms with Crippen LogP contribution in [0.4, 0.5) is 0 Å². The maximum absolute atomic E-state index is 12.3. The Morgan fingerprint density at radius 2 is 2.05 bits per heavy atom. The summed E-state index contributed by atoms with van der Waals surface area (Å²) in [6, 6.07) is 5.39. The van der Waals surface area contributed by atoms with E-state index in [0.717, 1.165) is 13.1 Å². The lowest BCUT2D eigenvalue weighted by atomic mass is 10.1. The molecule has 1 aromatic rings. The summed E-state index contributed by atoms with van der Waals surface area (Å²) < 4.78 is 16.4.